The second-order valence-corrected chi connectivity index (χ2v) is 8.87. The summed E-state index contributed by atoms with van der Waals surface area (Å²) in [6.07, 6.45) is -0.793. The van der Waals surface area contributed by atoms with Crippen molar-refractivity contribution < 1.29 is 19.5 Å². The molecule has 2 amide bonds. The number of likely N-dealkylation sites (N-methyl/N-ethyl adjacent to an activating group) is 1. The average Bonchev–Trinajstić information content (AvgIpc) is 3.24. The lowest BCUT2D eigenvalue weighted by Gasteiger charge is -2.21. The highest BCUT2D eigenvalue weighted by Gasteiger charge is 2.31. The first-order valence-electron chi connectivity index (χ1n) is 12.0. The third kappa shape index (κ3) is 4.73. The number of para-hydroxylation sites is 2. The van der Waals surface area contributed by atoms with Crippen LogP contribution in [-0.4, -0.2) is 46.4 Å². The summed E-state index contributed by atoms with van der Waals surface area (Å²) < 4.78 is 1.80. The number of benzodiazepines with no additional fused rings is 1. The number of benzene rings is 3. The summed E-state index contributed by atoms with van der Waals surface area (Å²) in [6.45, 7) is 0.352. The summed E-state index contributed by atoms with van der Waals surface area (Å²) in [5.74, 6) is -1.71. The molecular weight excluding hydrogens is 468 g/mol. The van der Waals surface area contributed by atoms with E-state index in [1.54, 1.807) is 17.7 Å². The lowest BCUT2D eigenvalue weighted by molar-refractivity contribution is -0.137. The van der Waals surface area contributed by atoms with E-state index >= 15 is 0 Å². The average molecular weight is 495 g/mol. The first-order chi connectivity index (χ1) is 17.9. The van der Waals surface area contributed by atoms with Crippen molar-refractivity contribution in [1.29, 1.82) is 0 Å². The maximum absolute atomic E-state index is 13.6. The van der Waals surface area contributed by atoms with Crippen LogP contribution in [0.1, 0.15) is 34.5 Å². The third-order valence-electron chi connectivity index (χ3n) is 6.47. The second kappa shape index (κ2) is 10.1. The summed E-state index contributed by atoms with van der Waals surface area (Å²) in [5.41, 5.74) is 4.11. The number of aliphatic imine (C=N–C) groups is 1. The molecule has 8 heteroatoms. The van der Waals surface area contributed by atoms with E-state index < -0.39 is 18.0 Å². The largest absolute Gasteiger partial charge is 0.481 e. The van der Waals surface area contributed by atoms with E-state index in [2.05, 4.69) is 5.32 Å². The molecule has 2 heterocycles. The molecule has 0 spiro atoms. The van der Waals surface area contributed by atoms with Gasteiger partial charge in [-0.25, -0.2) is 4.99 Å². The molecule has 0 saturated heterocycles. The minimum atomic E-state index is -1.15. The van der Waals surface area contributed by atoms with E-state index in [-0.39, 0.29) is 12.3 Å². The van der Waals surface area contributed by atoms with Crippen molar-refractivity contribution in [2.45, 2.75) is 25.6 Å². The van der Waals surface area contributed by atoms with Crippen LogP contribution in [0, 0.1) is 0 Å². The minimum Gasteiger partial charge on any atom is -0.481 e. The molecule has 1 unspecified atom stereocenters. The SMILES string of the molecule is CN1C(=O)C(NC(=O)c2cc3ccccc3n2CCCC(=O)O)N=C(c2ccccc2)c2ccccc21. The molecule has 5 rings (SSSR count). The van der Waals surface area contributed by atoms with Gasteiger partial charge in [0.15, 0.2) is 0 Å². The molecule has 1 aromatic heterocycles. The first kappa shape index (κ1) is 24.0. The van der Waals surface area contributed by atoms with Gasteiger partial charge in [-0.1, -0.05) is 66.7 Å². The van der Waals surface area contributed by atoms with Gasteiger partial charge >= 0.3 is 5.97 Å². The van der Waals surface area contributed by atoms with E-state index in [4.69, 9.17) is 10.1 Å². The summed E-state index contributed by atoms with van der Waals surface area (Å²) >= 11 is 0. The normalized spacial score (nSPS) is 15.2. The van der Waals surface area contributed by atoms with Crippen LogP contribution in [0.5, 0.6) is 0 Å². The van der Waals surface area contributed by atoms with Crippen LogP contribution in [0.15, 0.2) is 89.9 Å². The topological polar surface area (TPSA) is 104 Å². The standard InChI is InChI=1S/C29H26N4O4/c1-32-23-15-8-6-13-21(23)26(19-10-3-2-4-11-19)30-27(29(32)37)31-28(36)24-18-20-12-5-7-14-22(20)33(24)17-9-16-25(34)35/h2-8,10-15,18,27H,9,16-17H2,1H3,(H,31,36)(H,34,35). The van der Waals surface area contributed by atoms with E-state index in [1.165, 1.54) is 4.90 Å². The molecule has 1 aliphatic heterocycles. The Morgan fingerprint density at radius 1 is 0.973 bits per heavy atom. The summed E-state index contributed by atoms with van der Waals surface area (Å²) in [7, 11) is 1.67. The Labute approximate surface area is 213 Å². The molecule has 1 aliphatic rings. The Morgan fingerprint density at radius 2 is 1.68 bits per heavy atom. The Balaban J connectivity index is 1.53. The molecule has 186 valence electrons. The number of aliphatic carboxylic acids is 1. The lowest BCUT2D eigenvalue weighted by Crippen LogP contribution is -2.46. The van der Waals surface area contributed by atoms with Gasteiger partial charge in [-0.15, -0.1) is 0 Å². The van der Waals surface area contributed by atoms with Crippen molar-refractivity contribution in [3.63, 3.8) is 0 Å². The summed E-state index contributed by atoms with van der Waals surface area (Å²) in [5, 5.41) is 12.8. The molecule has 37 heavy (non-hydrogen) atoms. The van der Waals surface area contributed by atoms with E-state index in [0.29, 0.717) is 30.1 Å². The number of carboxylic acid groups (broad SMARTS) is 1. The number of aromatic nitrogens is 1. The zero-order valence-corrected chi connectivity index (χ0v) is 20.3. The van der Waals surface area contributed by atoms with Crippen molar-refractivity contribution in [2.24, 2.45) is 4.99 Å². The summed E-state index contributed by atoms with van der Waals surface area (Å²) in [6, 6.07) is 26.4. The quantitative estimate of drug-likeness (QED) is 0.404. The fourth-order valence-electron chi connectivity index (χ4n) is 4.67. The van der Waals surface area contributed by atoms with E-state index in [9.17, 15) is 14.4 Å². The number of carbonyl (C=O) groups excluding carboxylic acids is 2. The Kier molecular flexibility index (Phi) is 6.55. The fourth-order valence-corrected chi connectivity index (χ4v) is 4.67. The fraction of sp³-hybridized carbons (Fsp3) is 0.172. The molecule has 2 N–H and O–H groups in total. The minimum absolute atomic E-state index is 0.0114. The van der Waals surface area contributed by atoms with Gasteiger partial charge in [0.1, 0.15) is 5.69 Å². The molecule has 3 aromatic carbocycles. The number of carbonyl (C=O) groups is 3. The predicted octanol–water partition coefficient (Wildman–Crippen LogP) is 4.08. The molecule has 0 bridgehead atoms. The van der Waals surface area contributed by atoms with E-state index in [1.807, 2.05) is 78.9 Å². The number of fused-ring (bicyclic) bond motifs is 2. The highest BCUT2D eigenvalue weighted by atomic mass is 16.4. The lowest BCUT2D eigenvalue weighted by atomic mass is 10.0. The van der Waals surface area contributed by atoms with Crippen LogP contribution in [0.2, 0.25) is 0 Å². The van der Waals surface area contributed by atoms with Crippen LogP contribution in [0.3, 0.4) is 0 Å². The van der Waals surface area contributed by atoms with Gasteiger partial charge < -0.3 is 19.9 Å². The Bertz CT molecular complexity index is 1520. The number of nitrogens with zero attached hydrogens (tertiary/aromatic N) is 3. The van der Waals surface area contributed by atoms with Gasteiger partial charge in [-0.2, -0.15) is 0 Å². The van der Waals surface area contributed by atoms with Gasteiger partial charge in [0, 0.05) is 42.0 Å². The number of rotatable bonds is 7. The van der Waals surface area contributed by atoms with Crippen molar-refractivity contribution >= 4 is 40.1 Å². The number of hydrogen-bond acceptors (Lipinski definition) is 4. The van der Waals surface area contributed by atoms with Crippen LogP contribution in [-0.2, 0) is 16.1 Å². The van der Waals surface area contributed by atoms with Crippen LogP contribution >= 0.6 is 0 Å². The molecule has 0 fully saturated rings. The summed E-state index contributed by atoms with van der Waals surface area (Å²) in [4.78, 5) is 44.4. The van der Waals surface area contributed by atoms with Gasteiger partial charge in [0.25, 0.3) is 11.8 Å². The number of amides is 2. The highest BCUT2D eigenvalue weighted by molar-refractivity contribution is 6.20. The van der Waals surface area contributed by atoms with Crippen molar-refractivity contribution in [2.75, 3.05) is 11.9 Å². The first-order valence-corrected chi connectivity index (χ1v) is 12.0. The molecule has 0 aliphatic carbocycles. The van der Waals surface area contributed by atoms with Crippen molar-refractivity contribution in [3.05, 3.63) is 102 Å². The molecule has 4 aromatic rings. The zero-order chi connectivity index (χ0) is 25.9. The third-order valence-corrected chi connectivity index (χ3v) is 6.47. The number of nitrogens with one attached hydrogen (secondary N) is 1. The van der Waals surface area contributed by atoms with Crippen LogP contribution in [0.25, 0.3) is 10.9 Å². The Morgan fingerprint density at radius 3 is 2.46 bits per heavy atom. The van der Waals surface area contributed by atoms with Gasteiger partial charge in [0.2, 0.25) is 6.17 Å². The second-order valence-electron chi connectivity index (χ2n) is 8.87. The van der Waals surface area contributed by atoms with Gasteiger partial charge in [-0.05, 0) is 24.6 Å². The Hall–Kier alpha value is -4.72. The monoisotopic (exact) mass is 494 g/mol. The highest BCUT2D eigenvalue weighted by Crippen LogP contribution is 2.27. The smallest absolute Gasteiger partial charge is 0.303 e. The maximum atomic E-state index is 13.6. The maximum Gasteiger partial charge on any atom is 0.303 e. The van der Waals surface area contributed by atoms with Crippen LogP contribution in [0.4, 0.5) is 5.69 Å². The molecule has 1 atom stereocenters. The number of anilines is 1. The predicted molar refractivity (Wildman–Crippen MR) is 142 cm³/mol. The number of carboxylic acids is 1. The molecular formula is C29H26N4O4. The number of hydrogen-bond donors (Lipinski definition) is 2. The van der Waals surface area contributed by atoms with Gasteiger partial charge in [0.05, 0.1) is 11.4 Å². The molecule has 0 radical (unpaired) electrons. The van der Waals surface area contributed by atoms with Crippen molar-refractivity contribution in [3.8, 4) is 0 Å². The molecule has 8 nitrogen and oxygen atoms in total. The zero-order valence-electron chi connectivity index (χ0n) is 20.3. The van der Waals surface area contributed by atoms with Gasteiger partial charge in [-0.3, -0.25) is 14.4 Å². The number of aryl methyl sites for hydroxylation is 1. The van der Waals surface area contributed by atoms with E-state index in [0.717, 1.165) is 22.0 Å². The van der Waals surface area contributed by atoms with Crippen molar-refractivity contribution in [1.82, 2.24) is 9.88 Å². The van der Waals surface area contributed by atoms with Crippen LogP contribution < -0.4 is 10.2 Å². The molecule has 0 saturated carbocycles.